The molecule has 1 aliphatic rings. The maximum absolute atomic E-state index is 11.6. The minimum absolute atomic E-state index is 0.252. The molecule has 2 heterocycles. The van der Waals surface area contributed by atoms with E-state index in [0.29, 0.717) is 6.54 Å². The number of primary amides is 1. The van der Waals surface area contributed by atoms with Gasteiger partial charge in [-0.25, -0.2) is 9.78 Å². The van der Waals surface area contributed by atoms with Crippen LogP contribution < -0.4 is 11.1 Å². The van der Waals surface area contributed by atoms with Gasteiger partial charge in [0.15, 0.2) is 0 Å². The molecular formula is C16H20N4O2S. The van der Waals surface area contributed by atoms with E-state index in [1.165, 1.54) is 11.1 Å². The summed E-state index contributed by atoms with van der Waals surface area (Å²) in [6.07, 6.45) is 3.62. The predicted octanol–water partition coefficient (Wildman–Crippen LogP) is 2.41. The number of piperidine rings is 1. The van der Waals surface area contributed by atoms with Crippen LogP contribution in [0, 0.1) is 0 Å². The molecule has 0 radical (unpaired) electrons. The summed E-state index contributed by atoms with van der Waals surface area (Å²) in [4.78, 5) is 29.4. The third-order valence-corrected chi connectivity index (χ3v) is 5.24. The third kappa shape index (κ3) is 3.86. The number of thiazole rings is 1. The number of nitrogens with zero attached hydrogens (tertiary/aromatic N) is 2. The summed E-state index contributed by atoms with van der Waals surface area (Å²) >= 11 is 1.73. The van der Waals surface area contributed by atoms with Gasteiger partial charge in [-0.2, -0.15) is 0 Å². The van der Waals surface area contributed by atoms with Gasteiger partial charge in [0.25, 0.3) is 0 Å². The Morgan fingerprint density at radius 3 is 2.96 bits per heavy atom. The first-order valence-electron chi connectivity index (χ1n) is 7.82. The van der Waals surface area contributed by atoms with Crippen molar-refractivity contribution in [2.75, 3.05) is 13.1 Å². The van der Waals surface area contributed by atoms with Crippen LogP contribution in [0.1, 0.15) is 36.7 Å². The van der Waals surface area contributed by atoms with Gasteiger partial charge in [0.1, 0.15) is 5.01 Å². The number of aromatic nitrogens is 1. The number of para-hydroxylation sites is 1. The molecule has 1 fully saturated rings. The highest BCUT2D eigenvalue weighted by atomic mass is 32.1. The number of hydrogen-bond donors (Lipinski definition) is 2. The van der Waals surface area contributed by atoms with Crippen LogP contribution in [0.4, 0.5) is 4.79 Å². The number of carbonyl (C=O) groups excluding carboxylic acids is 2. The van der Waals surface area contributed by atoms with Gasteiger partial charge in [0.05, 0.1) is 16.3 Å². The van der Waals surface area contributed by atoms with Crippen LogP contribution in [0.15, 0.2) is 24.3 Å². The Morgan fingerprint density at radius 2 is 2.17 bits per heavy atom. The second-order valence-electron chi connectivity index (χ2n) is 5.73. The van der Waals surface area contributed by atoms with Gasteiger partial charge in [0, 0.05) is 13.0 Å². The second-order valence-corrected chi connectivity index (χ2v) is 6.79. The Bertz CT molecular complexity index is 682. The summed E-state index contributed by atoms with van der Waals surface area (Å²) in [6, 6.07) is 7.60. The number of rotatable bonds is 4. The molecule has 0 spiro atoms. The summed E-state index contributed by atoms with van der Waals surface area (Å²) in [6.45, 7) is 1.56. The highest BCUT2D eigenvalue weighted by molar-refractivity contribution is 7.18. The van der Waals surface area contributed by atoms with Gasteiger partial charge in [0.2, 0.25) is 5.91 Å². The van der Waals surface area contributed by atoms with E-state index >= 15 is 0 Å². The van der Waals surface area contributed by atoms with Crippen molar-refractivity contribution >= 4 is 33.5 Å². The number of amides is 3. The number of urea groups is 1. The van der Waals surface area contributed by atoms with E-state index in [1.54, 1.807) is 11.3 Å². The first-order chi connectivity index (χ1) is 11.1. The predicted molar refractivity (Wildman–Crippen MR) is 90.1 cm³/mol. The van der Waals surface area contributed by atoms with Gasteiger partial charge >= 0.3 is 6.03 Å². The Hall–Kier alpha value is -1.99. The lowest BCUT2D eigenvalue weighted by molar-refractivity contribution is -0.120. The topological polar surface area (TPSA) is 88.3 Å². The zero-order valence-corrected chi connectivity index (χ0v) is 13.6. The lowest BCUT2D eigenvalue weighted by atomic mass is 10.0. The number of carbonyl (C=O) groups is 2. The van der Waals surface area contributed by atoms with Crippen molar-refractivity contribution < 1.29 is 9.59 Å². The highest BCUT2D eigenvalue weighted by Gasteiger charge is 2.27. The SMILES string of the molecule is NC(=O)NC(=O)CCN1CCCCC1c1nc2ccccc2s1. The third-order valence-electron chi connectivity index (χ3n) is 4.10. The Morgan fingerprint density at radius 1 is 1.35 bits per heavy atom. The van der Waals surface area contributed by atoms with E-state index < -0.39 is 6.03 Å². The van der Waals surface area contributed by atoms with Crippen molar-refractivity contribution in [3.8, 4) is 0 Å². The van der Waals surface area contributed by atoms with E-state index in [2.05, 4.69) is 16.3 Å². The molecule has 1 aliphatic heterocycles. The molecule has 3 amide bonds. The van der Waals surface area contributed by atoms with E-state index in [4.69, 9.17) is 10.7 Å². The molecule has 0 aliphatic carbocycles. The average Bonchev–Trinajstić information content (AvgIpc) is 2.96. The molecule has 7 heteroatoms. The number of nitrogens with two attached hydrogens (primary N) is 1. The van der Waals surface area contributed by atoms with E-state index in [0.717, 1.165) is 29.9 Å². The van der Waals surface area contributed by atoms with Crippen molar-refractivity contribution in [1.82, 2.24) is 15.2 Å². The Labute approximate surface area is 138 Å². The number of likely N-dealkylation sites (tertiary alicyclic amines) is 1. The Balaban J connectivity index is 1.70. The minimum Gasteiger partial charge on any atom is -0.351 e. The smallest absolute Gasteiger partial charge is 0.318 e. The molecular weight excluding hydrogens is 312 g/mol. The zero-order valence-electron chi connectivity index (χ0n) is 12.8. The van der Waals surface area contributed by atoms with E-state index in [9.17, 15) is 9.59 Å². The molecule has 0 saturated carbocycles. The van der Waals surface area contributed by atoms with E-state index in [1.807, 2.05) is 18.2 Å². The monoisotopic (exact) mass is 332 g/mol. The van der Waals surface area contributed by atoms with Crippen LogP contribution in [0.3, 0.4) is 0 Å². The van der Waals surface area contributed by atoms with Crippen LogP contribution >= 0.6 is 11.3 Å². The quantitative estimate of drug-likeness (QED) is 0.900. The van der Waals surface area contributed by atoms with Gasteiger partial charge in [-0.3, -0.25) is 15.0 Å². The van der Waals surface area contributed by atoms with Gasteiger partial charge in [-0.15, -0.1) is 11.3 Å². The summed E-state index contributed by atoms with van der Waals surface area (Å²) in [5, 5.41) is 3.23. The molecule has 1 unspecified atom stereocenters. The standard InChI is InChI=1S/C16H20N4O2S/c17-16(22)19-14(21)8-10-20-9-4-3-6-12(20)15-18-11-5-1-2-7-13(11)23-15/h1-2,5,7,12H,3-4,6,8-10H2,(H3,17,19,21,22). The fourth-order valence-corrected chi connectivity index (χ4v) is 4.15. The summed E-state index contributed by atoms with van der Waals surface area (Å²) in [5.74, 6) is -0.328. The molecule has 1 saturated heterocycles. The number of imide groups is 1. The average molecular weight is 332 g/mol. The largest absolute Gasteiger partial charge is 0.351 e. The zero-order chi connectivity index (χ0) is 16.2. The molecule has 6 nitrogen and oxygen atoms in total. The molecule has 1 aromatic carbocycles. The van der Waals surface area contributed by atoms with Crippen molar-refractivity contribution in [3.05, 3.63) is 29.3 Å². The Kier molecular flexibility index (Phi) is 4.88. The van der Waals surface area contributed by atoms with Crippen LogP contribution in [-0.4, -0.2) is 34.9 Å². The number of fused-ring (bicyclic) bond motifs is 1. The molecule has 122 valence electrons. The fourth-order valence-electron chi connectivity index (χ4n) is 3.02. The van der Waals surface area contributed by atoms with Crippen molar-refractivity contribution in [2.24, 2.45) is 5.73 Å². The molecule has 0 bridgehead atoms. The van der Waals surface area contributed by atoms with E-state index in [-0.39, 0.29) is 18.4 Å². The molecule has 1 aromatic heterocycles. The van der Waals surface area contributed by atoms with Gasteiger partial charge < -0.3 is 5.73 Å². The number of benzene rings is 1. The fraction of sp³-hybridized carbons (Fsp3) is 0.438. The summed E-state index contributed by atoms with van der Waals surface area (Å²) < 4.78 is 1.19. The van der Waals surface area contributed by atoms with Gasteiger partial charge in [-0.05, 0) is 31.5 Å². The molecule has 1 atom stereocenters. The molecule has 3 N–H and O–H groups in total. The number of hydrogen-bond acceptors (Lipinski definition) is 5. The van der Waals surface area contributed by atoms with Gasteiger partial charge in [-0.1, -0.05) is 18.6 Å². The van der Waals surface area contributed by atoms with Crippen LogP contribution in [0.2, 0.25) is 0 Å². The first kappa shape index (κ1) is 15.9. The number of nitrogens with one attached hydrogen (secondary N) is 1. The van der Waals surface area contributed by atoms with Crippen LogP contribution in [0.5, 0.6) is 0 Å². The summed E-state index contributed by atoms with van der Waals surface area (Å²) in [7, 11) is 0. The summed E-state index contributed by atoms with van der Waals surface area (Å²) in [5.41, 5.74) is 6.00. The maximum atomic E-state index is 11.6. The maximum Gasteiger partial charge on any atom is 0.318 e. The minimum atomic E-state index is -0.795. The van der Waals surface area contributed by atoms with Crippen molar-refractivity contribution in [2.45, 2.75) is 31.7 Å². The van der Waals surface area contributed by atoms with Crippen LogP contribution in [-0.2, 0) is 4.79 Å². The molecule has 2 aromatic rings. The van der Waals surface area contributed by atoms with Crippen molar-refractivity contribution in [3.63, 3.8) is 0 Å². The normalized spacial score (nSPS) is 18.9. The lowest BCUT2D eigenvalue weighted by Crippen LogP contribution is -2.39. The first-order valence-corrected chi connectivity index (χ1v) is 8.64. The second kappa shape index (κ2) is 7.06. The van der Waals surface area contributed by atoms with Crippen molar-refractivity contribution in [1.29, 1.82) is 0 Å². The lowest BCUT2D eigenvalue weighted by Gasteiger charge is -2.34. The van der Waals surface area contributed by atoms with Crippen LogP contribution in [0.25, 0.3) is 10.2 Å². The molecule has 23 heavy (non-hydrogen) atoms. The molecule has 3 rings (SSSR count). The highest BCUT2D eigenvalue weighted by Crippen LogP contribution is 2.35.